The van der Waals surface area contributed by atoms with E-state index in [0.717, 1.165) is 32.1 Å². The van der Waals surface area contributed by atoms with Crippen molar-refractivity contribution in [3.63, 3.8) is 0 Å². The van der Waals surface area contributed by atoms with Crippen molar-refractivity contribution in [2.24, 2.45) is 11.8 Å². The molecule has 0 N–H and O–H groups in total. The lowest BCUT2D eigenvalue weighted by Gasteiger charge is -2.56. The van der Waals surface area contributed by atoms with E-state index in [-0.39, 0.29) is 41.6 Å². The van der Waals surface area contributed by atoms with Crippen LogP contribution in [0.5, 0.6) is 0 Å². The fraction of sp³-hybridized carbons (Fsp3) is 0.696. The number of hydrogen-bond donors (Lipinski definition) is 0. The van der Waals surface area contributed by atoms with E-state index in [1.165, 1.54) is 12.5 Å². The molecule has 4 aliphatic heterocycles. The predicted octanol–water partition coefficient (Wildman–Crippen LogP) is 1.76. The van der Waals surface area contributed by atoms with Crippen molar-refractivity contribution >= 4 is 17.7 Å². The zero-order chi connectivity index (χ0) is 21.5. The molecule has 168 valence electrons. The summed E-state index contributed by atoms with van der Waals surface area (Å²) in [5.74, 6) is 0.270. The molecule has 0 aliphatic carbocycles. The Morgan fingerprint density at radius 2 is 2.03 bits per heavy atom. The fourth-order valence-corrected chi connectivity index (χ4v) is 6.37. The molecule has 2 bridgehead atoms. The number of ether oxygens (including phenoxy) is 1. The van der Waals surface area contributed by atoms with Gasteiger partial charge in [0.15, 0.2) is 0 Å². The summed E-state index contributed by atoms with van der Waals surface area (Å²) in [6.45, 7) is 2.36. The zero-order valence-electron chi connectivity index (χ0n) is 18.1. The van der Waals surface area contributed by atoms with Crippen molar-refractivity contribution < 1.29 is 23.5 Å². The first-order chi connectivity index (χ1) is 15.1. The first-order valence-electron chi connectivity index (χ1n) is 11.5. The SMILES string of the molecule is COC[C@@H]1CCCN1C(=O)[C@H]1[C@H]2C[C@H](CN(C(=O)c3ccoc3)C2)[C@@H]2CCCC(=O)N21. The lowest BCUT2D eigenvalue weighted by molar-refractivity contribution is -0.165. The number of amides is 3. The number of hydrogen-bond acceptors (Lipinski definition) is 5. The number of likely N-dealkylation sites (tertiary alicyclic amines) is 2. The molecule has 8 heteroatoms. The van der Waals surface area contributed by atoms with Crippen LogP contribution in [0.4, 0.5) is 0 Å². The first kappa shape index (κ1) is 20.5. The second-order valence-corrected chi connectivity index (χ2v) is 9.47. The third-order valence-electron chi connectivity index (χ3n) is 7.67. The summed E-state index contributed by atoms with van der Waals surface area (Å²) in [4.78, 5) is 45.7. The number of furan rings is 1. The normalized spacial score (nSPS) is 32.9. The molecule has 1 aromatic heterocycles. The maximum Gasteiger partial charge on any atom is 0.257 e. The van der Waals surface area contributed by atoms with Gasteiger partial charge in [-0.15, -0.1) is 0 Å². The Morgan fingerprint density at radius 1 is 1.19 bits per heavy atom. The minimum absolute atomic E-state index is 0.0369. The number of piperidine rings is 3. The summed E-state index contributed by atoms with van der Waals surface area (Å²) in [7, 11) is 1.66. The van der Waals surface area contributed by atoms with Crippen LogP contribution in [0, 0.1) is 11.8 Å². The Morgan fingerprint density at radius 3 is 2.81 bits per heavy atom. The molecule has 0 saturated carbocycles. The first-order valence-corrected chi connectivity index (χ1v) is 11.5. The summed E-state index contributed by atoms with van der Waals surface area (Å²) in [5.41, 5.74) is 0.541. The molecule has 1 aromatic rings. The third kappa shape index (κ3) is 3.54. The van der Waals surface area contributed by atoms with Gasteiger partial charge in [0.25, 0.3) is 5.91 Å². The third-order valence-corrected chi connectivity index (χ3v) is 7.67. The van der Waals surface area contributed by atoms with Crippen LogP contribution in [0.25, 0.3) is 0 Å². The van der Waals surface area contributed by atoms with E-state index in [9.17, 15) is 14.4 Å². The molecule has 0 unspecified atom stereocenters. The van der Waals surface area contributed by atoms with Gasteiger partial charge in [0.1, 0.15) is 12.3 Å². The summed E-state index contributed by atoms with van der Waals surface area (Å²) in [6, 6.07) is 1.31. The number of rotatable bonds is 4. The molecule has 4 fully saturated rings. The highest BCUT2D eigenvalue weighted by Crippen LogP contribution is 2.43. The van der Waals surface area contributed by atoms with Crippen LogP contribution < -0.4 is 0 Å². The maximum atomic E-state index is 13.8. The second-order valence-electron chi connectivity index (χ2n) is 9.47. The standard InChI is InChI=1S/C23H31N3O5/c1-30-14-18-4-3-8-25(18)23(29)21-17-10-16(19-5-2-6-20(27)26(19)21)11-24(12-17)22(28)15-7-9-31-13-15/h7,9,13,16-19,21H,2-6,8,10-12,14H2,1H3/t16-,17+,18+,19+,21-/m1/s1. The van der Waals surface area contributed by atoms with Gasteiger partial charge in [0.2, 0.25) is 11.8 Å². The fourth-order valence-electron chi connectivity index (χ4n) is 6.37. The van der Waals surface area contributed by atoms with E-state index < -0.39 is 6.04 Å². The summed E-state index contributed by atoms with van der Waals surface area (Å²) < 4.78 is 10.5. The van der Waals surface area contributed by atoms with Crippen molar-refractivity contribution in [1.29, 1.82) is 0 Å². The smallest absolute Gasteiger partial charge is 0.257 e. The van der Waals surface area contributed by atoms with Gasteiger partial charge in [-0.2, -0.15) is 0 Å². The monoisotopic (exact) mass is 429 g/mol. The molecule has 31 heavy (non-hydrogen) atoms. The number of nitrogens with zero attached hydrogens (tertiary/aromatic N) is 3. The van der Waals surface area contributed by atoms with Gasteiger partial charge in [0.05, 0.1) is 24.5 Å². The molecule has 4 aliphatic rings. The van der Waals surface area contributed by atoms with Crippen LogP contribution >= 0.6 is 0 Å². The highest BCUT2D eigenvalue weighted by atomic mass is 16.5. The molecular weight excluding hydrogens is 398 g/mol. The van der Waals surface area contributed by atoms with Crippen LogP contribution in [0.1, 0.15) is 48.9 Å². The predicted molar refractivity (Wildman–Crippen MR) is 111 cm³/mol. The average molecular weight is 430 g/mol. The minimum atomic E-state index is -0.480. The minimum Gasteiger partial charge on any atom is -0.472 e. The zero-order valence-corrected chi connectivity index (χ0v) is 18.1. The average Bonchev–Trinajstić information content (AvgIpc) is 3.46. The van der Waals surface area contributed by atoms with Gasteiger partial charge >= 0.3 is 0 Å². The lowest BCUT2D eigenvalue weighted by Crippen LogP contribution is -2.69. The van der Waals surface area contributed by atoms with E-state index in [4.69, 9.17) is 9.15 Å². The van der Waals surface area contributed by atoms with Crippen LogP contribution in [0.2, 0.25) is 0 Å². The number of carbonyl (C=O) groups excluding carboxylic acids is 3. The van der Waals surface area contributed by atoms with E-state index in [2.05, 4.69) is 0 Å². The van der Waals surface area contributed by atoms with Crippen molar-refractivity contribution in [2.75, 3.05) is 33.4 Å². The van der Waals surface area contributed by atoms with Gasteiger partial charge < -0.3 is 23.9 Å². The Balaban J connectivity index is 1.44. The van der Waals surface area contributed by atoms with Crippen LogP contribution in [-0.4, -0.2) is 83.9 Å². The molecule has 0 spiro atoms. The van der Waals surface area contributed by atoms with Crippen LogP contribution in [0.3, 0.4) is 0 Å². The van der Waals surface area contributed by atoms with E-state index in [1.54, 1.807) is 13.2 Å². The highest BCUT2D eigenvalue weighted by Gasteiger charge is 2.54. The van der Waals surface area contributed by atoms with Gasteiger partial charge in [-0.3, -0.25) is 14.4 Å². The molecule has 0 aromatic carbocycles. The molecule has 5 atom stereocenters. The molecule has 4 saturated heterocycles. The number of methoxy groups -OCH3 is 1. The Kier molecular flexibility index (Phi) is 5.50. The van der Waals surface area contributed by atoms with Crippen molar-refractivity contribution in [3.8, 4) is 0 Å². The molecular formula is C23H31N3O5. The van der Waals surface area contributed by atoms with Crippen molar-refractivity contribution in [2.45, 2.75) is 56.7 Å². The number of fused-ring (bicyclic) bond motifs is 4. The van der Waals surface area contributed by atoms with Gasteiger partial charge in [0, 0.05) is 45.1 Å². The lowest BCUT2D eigenvalue weighted by atomic mass is 9.71. The topological polar surface area (TPSA) is 83.3 Å². The van der Waals surface area contributed by atoms with E-state index >= 15 is 0 Å². The Hall–Kier alpha value is -2.35. The van der Waals surface area contributed by atoms with Crippen LogP contribution in [0.15, 0.2) is 23.0 Å². The second kappa shape index (κ2) is 8.30. The van der Waals surface area contributed by atoms with Gasteiger partial charge in [-0.25, -0.2) is 0 Å². The Bertz CT molecular complexity index is 840. The molecule has 8 nitrogen and oxygen atoms in total. The molecule has 5 rings (SSSR count). The van der Waals surface area contributed by atoms with Gasteiger partial charge in [-0.1, -0.05) is 0 Å². The van der Waals surface area contributed by atoms with Crippen molar-refractivity contribution in [1.82, 2.24) is 14.7 Å². The highest BCUT2D eigenvalue weighted by molar-refractivity contribution is 5.94. The summed E-state index contributed by atoms with van der Waals surface area (Å²) in [6.07, 6.45) is 8.04. The number of carbonyl (C=O) groups is 3. The van der Waals surface area contributed by atoms with E-state index in [1.807, 2.05) is 14.7 Å². The largest absolute Gasteiger partial charge is 0.472 e. The molecule has 3 amide bonds. The van der Waals surface area contributed by atoms with Crippen LogP contribution in [-0.2, 0) is 14.3 Å². The quantitative estimate of drug-likeness (QED) is 0.728. The summed E-state index contributed by atoms with van der Waals surface area (Å²) in [5, 5.41) is 0. The maximum absolute atomic E-state index is 13.8. The Labute approximate surface area is 182 Å². The van der Waals surface area contributed by atoms with Crippen molar-refractivity contribution in [3.05, 3.63) is 24.2 Å². The van der Waals surface area contributed by atoms with E-state index in [0.29, 0.717) is 38.2 Å². The summed E-state index contributed by atoms with van der Waals surface area (Å²) >= 11 is 0. The molecule has 5 heterocycles. The molecule has 0 radical (unpaired) electrons. The van der Waals surface area contributed by atoms with Gasteiger partial charge in [-0.05, 0) is 44.1 Å².